The smallest absolute Gasteiger partial charge is 0.305 e. The lowest BCUT2D eigenvalue weighted by Crippen LogP contribution is -2.57. The molecule has 21 heavy (non-hydrogen) atoms. The van der Waals surface area contributed by atoms with Crippen molar-refractivity contribution in [1.29, 1.82) is 0 Å². The molecule has 7 nitrogen and oxygen atoms in total. The molecule has 0 bridgehead atoms. The number of piperazine rings is 1. The molecule has 1 fully saturated rings. The molecule has 2 rings (SSSR count). The first-order valence-electron chi connectivity index (χ1n) is 6.10. The van der Waals surface area contributed by atoms with Crippen LogP contribution in [0.3, 0.4) is 0 Å². The number of amides is 1. The second-order valence-electron chi connectivity index (χ2n) is 4.45. The highest BCUT2D eigenvalue weighted by Crippen LogP contribution is 2.23. The Hall–Kier alpha value is -2.00. The molecule has 9 heteroatoms. The Morgan fingerprint density at radius 1 is 1.43 bits per heavy atom. The van der Waals surface area contributed by atoms with Crippen LogP contribution in [-0.2, 0) is 19.6 Å². The van der Waals surface area contributed by atoms with E-state index in [1.165, 1.54) is 12.1 Å². The van der Waals surface area contributed by atoms with Gasteiger partial charge in [-0.05, 0) is 12.1 Å². The van der Waals surface area contributed by atoms with Gasteiger partial charge in [0.05, 0.1) is 6.42 Å². The van der Waals surface area contributed by atoms with E-state index in [1.54, 1.807) is 0 Å². The highest BCUT2D eigenvalue weighted by Gasteiger charge is 2.40. The van der Waals surface area contributed by atoms with Crippen LogP contribution >= 0.6 is 0 Å². The molecule has 114 valence electrons. The van der Waals surface area contributed by atoms with Gasteiger partial charge in [-0.25, -0.2) is 12.8 Å². The third-order valence-electron chi connectivity index (χ3n) is 3.07. The summed E-state index contributed by atoms with van der Waals surface area (Å²) >= 11 is 0. The predicted octanol–water partition coefficient (Wildman–Crippen LogP) is -0.210. The van der Waals surface area contributed by atoms with Gasteiger partial charge in [0.2, 0.25) is 15.9 Å². The third-order valence-corrected chi connectivity index (χ3v) is 5.01. The Morgan fingerprint density at radius 3 is 2.71 bits per heavy atom. The van der Waals surface area contributed by atoms with Crippen LogP contribution in [0.15, 0.2) is 29.2 Å². The van der Waals surface area contributed by atoms with Gasteiger partial charge in [0.1, 0.15) is 16.8 Å². The molecule has 1 aromatic rings. The molecule has 1 atom stereocenters. The van der Waals surface area contributed by atoms with Crippen LogP contribution in [-0.4, -0.2) is 48.8 Å². The van der Waals surface area contributed by atoms with Crippen molar-refractivity contribution in [2.45, 2.75) is 17.4 Å². The van der Waals surface area contributed by atoms with E-state index in [-0.39, 0.29) is 13.1 Å². The number of benzene rings is 1. The minimum atomic E-state index is -4.29. The quantitative estimate of drug-likeness (QED) is 0.800. The topological polar surface area (TPSA) is 104 Å². The lowest BCUT2D eigenvalue weighted by Gasteiger charge is -2.33. The number of sulfonamides is 1. The van der Waals surface area contributed by atoms with E-state index in [2.05, 4.69) is 5.32 Å². The minimum absolute atomic E-state index is 0.0443. The molecule has 0 aliphatic carbocycles. The van der Waals surface area contributed by atoms with Gasteiger partial charge in [0.25, 0.3) is 0 Å². The van der Waals surface area contributed by atoms with Gasteiger partial charge in [0.15, 0.2) is 0 Å². The monoisotopic (exact) mass is 316 g/mol. The fourth-order valence-corrected chi connectivity index (χ4v) is 3.78. The number of hydrogen-bond acceptors (Lipinski definition) is 4. The number of carbonyl (C=O) groups is 2. The van der Waals surface area contributed by atoms with Crippen LogP contribution in [0.4, 0.5) is 4.39 Å². The first kappa shape index (κ1) is 15.4. The second-order valence-corrected chi connectivity index (χ2v) is 6.31. The van der Waals surface area contributed by atoms with Gasteiger partial charge < -0.3 is 10.4 Å². The third kappa shape index (κ3) is 3.03. The zero-order chi connectivity index (χ0) is 15.6. The number of nitrogens with one attached hydrogen (secondary N) is 1. The van der Waals surface area contributed by atoms with Crippen molar-refractivity contribution in [3.63, 3.8) is 0 Å². The van der Waals surface area contributed by atoms with E-state index >= 15 is 0 Å². The number of carbonyl (C=O) groups excluding carboxylic acids is 1. The first-order chi connectivity index (χ1) is 9.84. The second kappa shape index (κ2) is 5.78. The maximum absolute atomic E-state index is 13.7. The summed E-state index contributed by atoms with van der Waals surface area (Å²) in [6.45, 7) is -0.0665. The Bertz CT molecular complexity index is 676. The molecule has 1 aromatic carbocycles. The largest absolute Gasteiger partial charge is 0.481 e. The molecular formula is C12H13FN2O5S. The summed E-state index contributed by atoms with van der Waals surface area (Å²) in [7, 11) is -4.29. The van der Waals surface area contributed by atoms with Crippen LogP contribution in [0, 0.1) is 5.82 Å². The van der Waals surface area contributed by atoms with Crippen molar-refractivity contribution in [3.05, 3.63) is 30.1 Å². The molecule has 0 spiro atoms. The molecule has 2 N–H and O–H groups in total. The Kier molecular flexibility index (Phi) is 4.24. The van der Waals surface area contributed by atoms with Crippen molar-refractivity contribution in [2.24, 2.45) is 0 Å². The van der Waals surface area contributed by atoms with Gasteiger partial charge in [0, 0.05) is 13.1 Å². The van der Waals surface area contributed by atoms with E-state index in [0.29, 0.717) is 0 Å². The molecule has 1 aliphatic rings. The predicted molar refractivity (Wildman–Crippen MR) is 69.3 cm³/mol. The van der Waals surface area contributed by atoms with E-state index in [9.17, 15) is 22.4 Å². The zero-order valence-corrected chi connectivity index (χ0v) is 11.6. The molecule has 1 saturated heterocycles. The van der Waals surface area contributed by atoms with E-state index < -0.39 is 45.1 Å². The fourth-order valence-electron chi connectivity index (χ4n) is 2.12. The molecule has 0 saturated carbocycles. The van der Waals surface area contributed by atoms with Crippen molar-refractivity contribution in [3.8, 4) is 0 Å². The van der Waals surface area contributed by atoms with Crippen LogP contribution < -0.4 is 5.32 Å². The number of nitrogens with zero attached hydrogens (tertiary/aromatic N) is 1. The lowest BCUT2D eigenvalue weighted by atomic mass is 10.1. The summed E-state index contributed by atoms with van der Waals surface area (Å²) in [5, 5.41) is 11.2. The average molecular weight is 316 g/mol. The van der Waals surface area contributed by atoms with E-state index in [4.69, 9.17) is 5.11 Å². The van der Waals surface area contributed by atoms with Crippen LogP contribution in [0.1, 0.15) is 6.42 Å². The van der Waals surface area contributed by atoms with Crippen molar-refractivity contribution in [1.82, 2.24) is 9.62 Å². The van der Waals surface area contributed by atoms with Gasteiger partial charge in [-0.3, -0.25) is 9.59 Å². The van der Waals surface area contributed by atoms with Gasteiger partial charge >= 0.3 is 5.97 Å². The first-order valence-corrected chi connectivity index (χ1v) is 7.54. The van der Waals surface area contributed by atoms with E-state index in [0.717, 1.165) is 16.4 Å². The number of carboxylic acid groups (broad SMARTS) is 1. The molecule has 1 amide bonds. The highest BCUT2D eigenvalue weighted by molar-refractivity contribution is 7.89. The summed E-state index contributed by atoms with van der Waals surface area (Å²) in [4.78, 5) is 22.0. The summed E-state index contributed by atoms with van der Waals surface area (Å²) in [5.41, 5.74) is 0. The maximum Gasteiger partial charge on any atom is 0.305 e. The summed E-state index contributed by atoms with van der Waals surface area (Å²) in [6.07, 6.45) is -0.681. The van der Waals surface area contributed by atoms with Gasteiger partial charge in [-0.15, -0.1) is 0 Å². The minimum Gasteiger partial charge on any atom is -0.481 e. The van der Waals surface area contributed by atoms with Crippen LogP contribution in [0.5, 0.6) is 0 Å². The number of halogens is 1. The van der Waals surface area contributed by atoms with E-state index in [1.807, 2.05) is 0 Å². The van der Waals surface area contributed by atoms with Crippen LogP contribution in [0.25, 0.3) is 0 Å². The molecule has 0 aromatic heterocycles. The SMILES string of the molecule is O=C(O)CC1C(=O)NCCN1S(=O)(=O)c1ccccc1F. The number of carboxylic acids is 1. The van der Waals surface area contributed by atoms with Crippen molar-refractivity contribution >= 4 is 21.9 Å². The zero-order valence-electron chi connectivity index (χ0n) is 10.8. The number of rotatable bonds is 4. The molecule has 1 heterocycles. The molecular weight excluding hydrogens is 303 g/mol. The van der Waals surface area contributed by atoms with Crippen molar-refractivity contribution in [2.75, 3.05) is 13.1 Å². The average Bonchev–Trinajstić information content (AvgIpc) is 2.40. The molecule has 0 radical (unpaired) electrons. The fraction of sp³-hybridized carbons (Fsp3) is 0.333. The maximum atomic E-state index is 13.7. The lowest BCUT2D eigenvalue weighted by molar-refractivity contribution is -0.141. The molecule has 1 unspecified atom stereocenters. The van der Waals surface area contributed by atoms with Crippen molar-refractivity contribution < 1.29 is 27.5 Å². The van der Waals surface area contributed by atoms with Crippen LogP contribution in [0.2, 0.25) is 0 Å². The summed E-state index contributed by atoms with van der Waals surface area (Å²) < 4.78 is 39.4. The standard InChI is InChI=1S/C12H13FN2O5S/c13-8-3-1-2-4-10(8)21(19,20)15-6-5-14-12(18)9(15)7-11(16)17/h1-4,9H,5-7H2,(H,14,18)(H,16,17). The summed E-state index contributed by atoms with van der Waals surface area (Å²) in [5.74, 6) is -2.97. The van der Waals surface area contributed by atoms with Gasteiger partial charge in [-0.1, -0.05) is 12.1 Å². The summed E-state index contributed by atoms with van der Waals surface area (Å²) in [6, 6.07) is 3.37. The Balaban J connectivity index is 2.43. The normalized spacial score (nSPS) is 20.0. The number of aliphatic carboxylic acids is 1. The highest BCUT2D eigenvalue weighted by atomic mass is 32.2. The Morgan fingerprint density at radius 2 is 2.10 bits per heavy atom. The van der Waals surface area contributed by atoms with Gasteiger partial charge in [-0.2, -0.15) is 4.31 Å². The number of hydrogen-bond donors (Lipinski definition) is 2. The molecule has 1 aliphatic heterocycles. The Labute approximate surface area is 120 Å².